The van der Waals surface area contributed by atoms with Gasteiger partial charge in [-0.25, -0.2) is 0 Å². The molecule has 0 spiro atoms. The first-order valence-corrected chi connectivity index (χ1v) is 4.85. The van der Waals surface area contributed by atoms with Crippen LogP contribution in [0.15, 0.2) is 20.3 Å². The zero-order valence-corrected chi connectivity index (χ0v) is 7.88. The molecule has 1 heterocycles. The second-order valence-electron chi connectivity index (χ2n) is 2.19. The molecule has 0 aromatic carbocycles. The summed E-state index contributed by atoms with van der Waals surface area (Å²) < 4.78 is 1.09. The molecule has 4 nitrogen and oxygen atoms in total. The number of hydrogen-bond acceptors (Lipinski definition) is 4. The summed E-state index contributed by atoms with van der Waals surface area (Å²) in [5.74, 6) is 0. The third kappa shape index (κ3) is 1.43. The fraction of sp³-hybridized carbons (Fsp3) is 0.143. The van der Waals surface area contributed by atoms with E-state index in [0.29, 0.717) is 26.8 Å². The van der Waals surface area contributed by atoms with Crippen LogP contribution in [0.2, 0.25) is 0 Å². The Kier molecular flexibility index (Phi) is 2.40. The first-order chi connectivity index (χ1) is 5.69. The summed E-state index contributed by atoms with van der Waals surface area (Å²) in [5, 5.41) is 17.2. The Morgan fingerprint density at radius 1 is 1.08 bits per heavy atom. The van der Waals surface area contributed by atoms with Crippen molar-refractivity contribution in [3.63, 3.8) is 0 Å². The van der Waals surface area contributed by atoms with Gasteiger partial charge in [-0.3, -0.25) is 0 Å². The van der Waals surface area contributed by atoms with E-state index in [1.165, 1.54) is 0 Å². The maximum atomic E-state index is 8.61. The van der Waals surface area contributed by atoms with E-state index in [1.807, 2.05) is 12.1 Å². The molecule has 1 rings (SSSR count). The molecular weight excluding hydrogens is 219 g/mol. The zero-order valence-electron chi connectivity index (χ0n) is 6.16. The number of hydrogen-bond donors (Lipinski definition) is 2. The van der Waals surface area contributed by atoms with E-state index in [0.717, 1.165) is 0 Å². The third-order valence-corrected chi connectivity index (χ3v) is 3.39. The van der Waals surface area contributed by atoms with Gasteiger partial charge in [-0.05, 0) is 0 Å². The molecule has 1 aliphatic heterocycles. The summed E-state index contributed by atoms with van der Waals surface area (Å²) in [4.78, 5) is 0. The van der Waals surface area contributed by atoms with Gasteiger partial charge in [-0.15, -0.1) is 0 Å². The number of rotatable bonds is 0. The van der Waals surface area contributed by atoms with E-state index in [9.17, 15) is 0 Å². The van der Waals surface area contributed by atoms with Gasteiger partial charge in [-0.1, -0.05) is 0 Å². The van der Waals surface area contributed by atoms with E-state index >= 15 is 0 Å². The average molecular weight is 225 g/mol. The summed E-state index contributed by atoms with van der Waals surface area (Å²) in [7, 11) is 0. The van der Waals surface area contributed by atoms with Crippen LogP contribution in [0.3, 0.4) is 0 Å². The summed E-state index contributed by atoms with van der Waals surface area (Å²) in [6, 6.07) is 3.94. The molecule has 0 saturated carbocycles. The van der Waals surface area contributed by atoms with E-state index in [1.54, 1.807) is 0 Å². The van der Waals surface area contributed by atoms with Gasteiger partial charge in [0, 0.05) is 0 Å². The van der Waals surface area contributed by atoms with E-state index in [4.69, 9.17) is 22.0 Å². The first kappa shape index (κ1) is 8.67. The summed E-state index contributed by atoms with van der Waals surface area (Å²) >= 11 is -0.214. The van der Waals surface area contributed by atoms with Crippen LogP contribution in [-0.2, 0) is 0 Å². The Hall–Kier alpha value is -1.42. The van der Waals surface area contributed by atoms with Crippen LogP contribution >= 0.6 is 0 Å². The van der Waals surface area contributed by atoms with Crippen molar-refractivity contribution in [1.29, 1.82) is 10.5 Å². The van der Waals surface area contributed by atoms with Crippen molar-refractivity contribution in [3.05, 3.63) is 20.3 Å². The van der Waals surface area contributed by atoms with Crippen LogP contribution in [0.25, 0.3) is 0 Å². The van der Waals surface area contributed by atoms with Gasteiger partial charge >= 0.3 is 75.8 Å². The molecule has 5 heteroatoms. The Bertz CT molecular complexity index is 319. The number of nitrogens with zero attached hydrogens (tertiary/aromatic N) is 2. The molecule has 0 bridgehead atoms. The van der Waals surface area contributed by atoms with Crippen LogP contribution in [0.4, 0.5) is 0 Å². The molecule has 0 amide bonds. The van der Waals surface area contributed by atoms with Gasteiger partial charge in [0.25, 0.3) is 0 Å². The molecule has 4 N–H and O–H groups in total. The summed E-state index contributed by atoms with van der Waals surface area (Å²) in [5.41, 5.74) is 12.1. The van der Waals surface area contributed by atoms with Crippen molar-refractivity contribution in [3.8, 4) is 12.1 Å². The monoisotopic (exact) mass is 226 g/mol. The molecule has 0 radical (unpaired) electrons. The quantitative estimate of drug-likeness (QED) is 0.542. The van der Waals surface area contributed by atoms with Crippen LogP contribution in [0, 0.1) is 22.7 Å². The molecule has 0 atom stereocenters. The molecule has 0 aromatic rings. The zero-order chi connectivity index (χ0) is 9.14. The van der Waals surface area contributed by atoms with Crippen molar-refractivity contribution in [2.24, 2.45) is 11.5 Å². The van der Waals surface area contributed by atoms with E-state index in [-0.39, 0.29) is 15.0 Å². The second kappa shape index (κ2) is 3.32. The molecule has 0 aromatic heterocycles. The fourth-order valence-corrected chi connectivity index (χ4v) is 2.29. The molecule has 0 fully saturated rings. The summed E-state index contributed by atoms with van der Waals surface area (Å²) in [6.45, 7) is 0. The van der Waals surface area contributed by atoms with Gasteiger partial charge in [0.15, 0.2) is 0 Å². The molecule has 12 heavy (non-hydrogen) atoms. The van der Waals surface area contributed by atoms with Gasteiger partial charge in [0.2, 0.25) is 0 Å². The van der Waals surface area contributed by atoms with Gasteiger partial charge in [0.1, 0.15) is 0 Å². The normalized spacial score (nSPS) is 17.2. The predicted molar refractivity (Wildman–Crippen MR) is 44.0 cm³/mol. The van der Waals surface area contributed by atoms with E-state index in [2.05, 4.69) is 0 Å². The SMILES string of the molecule is N#CC1=C(N)[Se]C(N)=C(C#N)C1. The summed E-state index contributed by atoms with van der Waals surface area (Å²) in [6.07, 6.45) is 0.298. The van der Waals surface area contributed by atoms with Crippen molar-refractivity contribution in [1.82, 2.24) is 0 Å². The van der Waals surface area contributed by atoms with Crippen LogP contribution in [0.1, 0.15) is 6.42 Å². The Labute approximate surface area is 76.3 Å². The van der Waals surface area contributed by atoms with Crippen molar-refractivity contribution >= 4 is 15.0 Å². The maximum absolute atomic E-state index is 8.61. The Morgan fingerprint density at radius 3 is 1.83 bits per heavy atom. The number of allylic oxidation sites excluding steroid dienone is 2. The van der Waals surface area contributed by atoms with E-state index < -0.39 is 0 Å². The van der Waals surface area contributed by atoms with Gasteiger partial charge in [-0.2, -0.15) is 0 Å². The Balaban J connectivity index is 2.98. The van der Waals surface area contributed by atoms with Gasteiger partial charge < -0.3 is 0 Å². The average Bonchev–Trinajstić information content (AvgIpc) is 2.05. The minimum absolute atomic E-state index is 0.214. The van der Waals surface area contributed by atoms with Crippen LogP contribution < -0.4 is 11.5 Å². The minimum atomic E-state index is -0.214. The molecule has 1 aliphatic rings. The van der Waals surface area contributed by atoms with Crippen molar-refractivity contribution in [2.75, 3.05) is 0 Å². The van der Waals surface area contributed by atoms with Crippen LogP contribution in [0.5, 0.6) is 0 Å². The van der Waals surface area contributed by atoms with Gasteiger partial charge in [0.05, 0.1) is 0 Å². The fourth-order valence-electron chi connectivity index (χ4n) is 0.782. The molecule has 60 valence electrons. The standard InChI is InChI=1S/C7H6N4Se/c8-2-4-1-5(3-9)7(11)12-6(4)10/h1,10-11H2. The topological polar surface area (TPSA) is 99.6 Å². The number of nitrogens with two attached hydrogens (primary N) is 2. The molecule has 0 aliphatic carbocycles. The molecular formula is C7H6N4Se. The van der Waals surface area contributed by atoms with Crippen molar-refractivity contribution in [2.45, 2.75) is 6.42 Å². The second-order valence-corrected chi connectivity index (χ2v) is 4.46. The predicted octanol–water partition coefficient (Wildman–Crippen LogP) is -0.518. The van der Waals surface area contributed by atoms with Crippen LogP contribution in [-0.4, -0.2) is 15.0 Å². The molecule has 0 saturated heterocycles. The Morgan fingerprint density at radius 2 is 1.50 bits per heavy atom. The number of nitriles is 2. The first-order valence-electron chi connectivity index (χ1n) is 3.14. The van der Waals surface area contributed by atoms with Crippen molar-refractivity contribution < 1.29 is 0 Å². The molecule has 0 unspecified atom stereocenters. The third-order valence-electron chi connectivity index (χ3n) is 1.44.